The van der Waals surface area contributed by atoms with Crippen LogP contribution in [0.5, 0.6) is 0 Å². The Morgan fingerprint density at radius 2 is 2.00 bits per heavy atom. The summed E-state index contributed by atoms with van der Waals surface area (Å²) >= 11 is 0. The maximum Gasteiger partial charge on any atom is 0.227 e. The van der Waals surface area contributed by atoms with E-state index in [0.717, 1.165) is 49.5 Å². The number of nitrogens with zero attached hydrogens (tertiary/aromatic N) is 3. The molecule has 0 bridgehead atoms. The summed E-state index contributed by atoms with van der Waals surface area (Å²) in [6, 6.07) is 6.69. The molecule has 25 heavy (non-hydrogen) atoms. The molecule has 1 aliphatic heterocycles. The van der Waals surface area contributed by atoms with Gasteiger partial charge in [-0.2, -0.15) is 0 Å². The van der Waals surface area contributed by atoms with Gasteiger partial charge in [-0.3, -0.25) is 9.69 Å². The highest BCUT2D eigenvalue weighted by Crippen LogP contribution is 2.27. The zero-order chi connectivity index (χ0) is 17.4. The number of hydrogen-bond acceptors (Lipinski definition) is 3. The number of amides is 1. The van der Waals surface area contributed by atoms with Gasteiger partial charge in [0.15, 0.2) is 0 Å². The van der Waals surface area contributed by atoms with Gasteiger partial charge < -0.3 is 9.88 Å². The first-order valence-electron chi connectivity index (χ1n) is 9.66. The molecule has 5 heteroatoms. The van der Waals surface area contributed by atoms with Crippen LogP contribution in [-0.2, 0) is 17.9 Å². The number of hydrogen-bond donors (Lipinski definition) is 1. The number of rotatable bonds is 3. The third kappa shape index (κ3) is 3.30. The van der Waals surface area contributed by atoms with Gasteiger partial charge in [0, 0.05) is 30.7 Å². The fourth-order valence-corrected chi connectivity index (χ4v) is 4.17. The van der Waals surface area contributed by atoms with Gasteiger partial charge in [0.1, 0.15) is 5.82 Å². The van der Waals surface area contributed by atoms with E-state index in [9.17, 15) is 4.79 Å². The second kappa shape index (κ2) is 6.79. The molecule has 1 amide bonds. The molecule has 1 aromatic carbocycles. The van der Waals surface area contributed by atoms with Crippen LogP contribution in [0.15, 0.2) is 18.2 Å². The van der Waals surface area contributed by atoms with Crippen LogP contribution in [0.1, 0.15) is 51.8 Å². The van der Waals surface area contributed by atoms with Gasteiger partial charge in [-0.05, 0) is 44.9 Å². The van der Waals surface area contributed by atoms with E-state index in [1.165, 1.54) is 24.8 Å². The zero-order valence-corrected chi connectivity index (χ0v) is 15.3. The summed E-state index contributed by atoms with van der Waals surface area (Å²) < 4.78 is 2.32. The number of anilines is 1. The lowest BCUT2D eigenvalue weighted by Crippen LogP contribution is -2.38. The van der Waals surface area contributed by atoms with Crippen molar-refractivity contribution >= 4 is 22.6 Å². The highest BCUT2D eigenvalue weighted by atomic mass is 16.1. The van der Waals surface area contributed by atoms with Crippen LogP contribution in [0.3, 0.4) is 0 Å². The van der Waals surface area contributed by atoms with Gasteiger partial charge in [0.25, 0.3) is 0 Å². The first-order chi connectivity index (χ1) is 12.1. The predicted molar refractivity (Wildman–Crippen MR) is 100 cm³/mol. The molecule has 4 rings (SSSR count). The monoisotopic (exact) mass is 340 g/mol. The van der Waals surface area contributed by atoms with Crippen molar-refractivity contribution in [3.8, 4) is 0 Å². The summed E-state index contributed by atoms with van der Waals surface area (Å²) in [6.45, 7) is 7.42. The van der Waals surface area contributed by atoms with E-state index >= 15 is 0 Å². The minimum Gasteiger partial charge on any atom is -0.326 e. The van der Waals surface area contributed by atoms with Gasteiger partial charge in [-0.15, -0.1) is 0 Å². The summed E-state index contributed by atoms with van der Waals surface area (Å²) in [4.78, 5) is 19.8. The zero-order valence-electron chi connectivity index (χ0n) is 15.3. The second-order valence-electron chi connectivity index (χ2n) is 7.77. The molecule has 1 N–H and O–H groups in total. The minimum absolute atomic E-state index is 0.175. The molecule has 1 fully saturated rings. The number of carbonyl (C=O) groups excluding carboxylic acids is 1. The summed E-state index contributed by atoms with van der Waals surface area (Å²) in [6.07, 6.45) is 5.67. The third-order valence-electron chi connectivity index (χ3n) is 5.76. The SMILES string of the molecule is CC(C)N1CCn2c(nc3cc(NC(=O)C4CCCCC4)ccc32)C1. The Bertz CT molecular complexity index is 773. The molecule has 2 aromatic rings. The third-order valence-corrected chi connectivity index (χ3v) is 5.76. The number of benzene rings is 1. The van der Waals surface area contributed by atoms with Crippen LogP contribution in [0.4, 0.5) is 5.69 Å². The molecule has 0 radical (unpaired) electrons. The minimum atomic E-state index is 0.175. The fraction of sp³-hybridized carbons (Fsp3) is 0.600. The Morgan fingerprint density at radius 3 is 2.76 bits per heavy atom. The predicted octanol–water partition coefficient (Wildman–Crippen LogP) is 3.78. The number of aromatic nitrogens is 2. The van der Waals surface area contributed by atoms with Crippen LogP contribution in [0.25, 0.3) is 11.0 Å². The Kier molecular flexibility index (Phi) is 4.50. The van der Waals surface area contributed by atoms with Crippen molar-refractivity contribution in [3.05, 3.63) is 24.0 Å². The molecule has 1 aromatic heterocycles. The Hall–Kier alpha value is -1.88. The standard InChI is InChI=1S/C20H28N4O/c1-14(2)23-10-11-24-18-9-8-16(12-17(18)22-19(24)13-23)21-20(25)15-6-4-3-5-7-15/h8-9,12,14-15H,3-7,10-11,13H2,1-2H3,(H,21,25). The van der Waals surface area contributed by atoms with E-state index in [2.05, 4.69) is 34.7 Å². The van der Waals surface area contributed by atoms with E-state index in [1.54, 1.807) is 0 Å². The first-order valence-corrected chi connectivity index (χ1v) is 9.66. The molecule has 1 saturated carbocycles. The lowest BCUT2D eigenvalue weighted by molar-refractivity contribution is -0.120. The second-order valence-corrected chi connectivity index (χ2v) is 7.77. The highest BCUT2D eigenvalue weighted by Gasteiger charge is 2.23. The maximum absolute atomic E-state index is 12.5. The van der Waals surface area contributed by atoms with Crippen LogP contribution < -0.4 is 5.32 Å². The Balaban J connectivity index is 1.54. The lowest BCUT2D eigenvalue weighted by atomic mass is 9.88. The molecular weight excluding hydrogens is 312 g/mol. The number of carbonyl (C=O) groups is 1. The van der Waals surface area contributed by atoms with Crippen molar-refractivity contribution in [2.24, 2.45) is 5.92 Å². The molecule has 0 unspecified atom stereocenters. The first kappa shape index (κ1) is 16.6. The number of nitrogens with one attached hydrogen (secondary N) is 1. The smallest absolute Gasteiger partial charge is 0.227 e. The Morgan fingerprint density at radius 1 is 1.20 bits per heavy atom. The van der Waals surface area contributed by atoms with E-state index in [1.807, 2.05) is 12.1 Å². The van der Waals surface area contributed by atoms with Gasteiger partial charge in [0.05, 0.1) is 17.6 Å². The largest absolute Gasteiger partial charge is 0.326 e. The molecule has 1 aliphatic carbocycles. The molecule has 2 aliphatic rings. The normalized spacial score (nSPS) is 19.3. The van der Waals surface area contributed by atoms with Crippen molar-refractivity contribution in [3.63, 3.8) is 0 Å². The molecule has 0 atom stereocenters. The van der Waals surface area contributed by atoms with Crippen LogP contribution in [0, 0.1) is 5.92 Å². The molecular formula is C20H28N4O. The fourth-order valence-electron chi connectivity index (χ4n) is 4.17. The molecule has 0 spiro atoms. The van der Waals surface area contributed by atoms with Crippen LogP contribution >= 0.6 is 0 Å². The Labute approximate surface area is 149 Å². The van der Waals surface area contributed by atoms with Crippen LogP contribution in [0.2, 0.25) is 0 Å². The van der Waals surface area contributed by atoms with Crippen molar-refractivity contribution in [2.75, 3.05) is 11.9 Å². The van der Waals surface area contributed by atoms with E-state index in [4.69, 9.17) is 4.98 Å². The lowest BCUT2D eigenvalue weighted by Gasteiger charge is -2.30. The molecule has 2 heterocycles. The molecule has 134 valence electrons. The van der Waals surface area contributed by atoms with E-state index in [0.29, 0.717) is 6.04 Å². The maximum atomic E-state index is 12.5. The summed E-state index contributed by atoms with van der Waals surface area (Å²) in [7, 11) is 0. The summed E-state index contributed by atoms with van der Waals surface area (Å²) in [5.41, 5.74) is 3.04. The quantitative estimate of drug-likeness (QED) is 0.925. The van der Waals surface area contributed by atoms with Gasteiger partial charge in [-0.25, -0.2) is 4.98 Å². The molecule has 0 saturated heterocycles. The average molecular weight is 340 g/mol. The van der Waals surface area contributed by atoms with Crippen molar-refractivity contribution in [2.45, 2.75) is 65.1 Å². The molecule has 5 nitrogen and oxygen atoms in total. The van der Waals surface area contributed by atoms with E-state index in [-0.39, 0.29) is 11.8 Å². The summed E-state index contributed by atoms with van der Waals surface area (Å²) in [5, 5.41) is 3.11. The van der Waals surface area contributed by atoms with Crippen molar-refractivity contribution in [1.82, 2.24) is 14.5 Å². The van der Waals surface area contributed by atoms with Gasteiger partial charge in [0.2, 0.25) is 5.91 Å². The van der Waals surface area contributed by atoms with Crippen molar-refractivity contribution < 1.29 is 4.79 Å². The van der Waals surface area contributed by atoms with Crippen LogP contribution in [-0.4, -0.2) is 32.9 Å². The van der Waals surface area contributed by atoms with Crippen molar-refractivity contribution in [1.29, 1.82) is 0 Å². The summed E-state index contributed by atoms with van der Waals surface area (Å²) in [5.74, 6) is 1.49. The highest BCUT2D eigenvalue weighted by molar-refractivity contribution is 5.94. The number of fused-ring (bicyclic) bond motifs is 3. The van der Waals surface area contributed by atoms with E-state index < -0.39 is 0 Å². The topological polar surface area (TPSA) is 50.2 Å². The van der Waals surface area contributed by atoms with Gasteiger partial charge >= 0.3 is 0 Å². The number of imidazole rings is 1. The van der Waals surface area contributed by atoms with Gasteiger partial charge in [-0.1, -0.05) is 19.3 Å². The average Bonchev–Trinajstić information content (AvgIpc) is 2.99.